The highest BCUT2D eigenvalue weighted by Gasteiger charge is 2.37. The highest BCUT2D eigenvalue weighted by molar-refractivity contribution is 5.26. The van der Waals surface area contributed by atoms with Gasteiger partial charge in [0.1, 0.15) is 5.60 Å². The third-order valence-electron chi connectivity index (χ3n) is 2.45. The van der Waals surface area contributed by atoms with Crippen LogP contribution in [0, 0.1) is 11.6 Å². The van der Waals surface area contributed by atoms with E-state index >= 15 is 0 Å². The number of rotatable bonds is 1. The van der Waals surface area contributed by atoms with Crippen molar-refractivity contribution < 1.29 is 18.6 Å². The molecule has 14 heavy (non-hydrogen) atoms. The fraction of sp³-hybridized carbons (Fsp3) is 0.400. The lowest BCUT2D eigenvalue weighted by Crippen LogP contribution is -2.27. The van der Waals surface area contributed by atoms with Crippen LogP contribution >= 0.6 is 0 Å². The molecule has 1 fully saturated rings. The van der Waals surface area contributed by atoms with Gasteiger partial charge in [-0.2, -0.15) is 0 Å². The zero-order chi connectivity index (χ0) is 10.2. The summed E-state index contributed by atoms with van der Waals surface area (Å²) in [5.41, 5.74) is -1.39. The molecule has 76 valence electrons. The lowest BCUT2D eigenvalue weighted by molar-refractivity contribution is 0.0196. The topological polar surface area (TPSA) is 29.5 Å². The van der Waals surface area contributed by atoms with Gasteiger partial charge in [0.25, 0.3) is 0 Å². The largest absolute Gasteiger partial charge is 0.383 e. The van der Waals surface area contributed by atoms with E-state index in [4.69, 9.17) is 4.74 Å². The molecular weight excluding hydrogens is 190 g/mol. The normalized spacial score (nSPS) is 26.8. The first kappa shape index (κ1) is 9.55. The van der Waals surface area contributed by atoms with Crippen LogP contribution in [0.15, 0.2) is 18.2 Å². The van der Waals surface area contributed by atoms with Crippen molar-refractivity contribution in [2.24, 2.45) is 0 Å². The summed E-state index contributed by atoms with van der Waals surface area (Å²) in [5.74, 6) is -1.93. The molecule has 1 aliphatic rings. The van der Waals surface area contributed by atoms with Crippen LogP contribution < -0.4 is 0 Å². The van der Waals surface area contributed by atoms with Crippen LogP contribution in [0.4, 0.5) is 8.78 Å². The summed E-state index contributed by atoms with van der Waals surface area (Å²) in [6.07, 6.45) is 0.299. The van der Waals surface area contributed by atoms with E-state index in [0.717, 1.165) is 6.07 Å². The Kier molecular flexibility index (Phi) is 2.25. The van der Waals surface area contributed by atoms with Gasteiger partial charge >= 0.3 is 0 Å². The Morgan fingerprint density at radius 1 is 1.36 bits per heavy atom. The van der Waals surface area contributed by atoms with Gasteiger partial charge in [0.05, 0.1) is 6.61 Å². The molecule has 1 atom stereocenters. The van der Waals surface area contributed by atoms with Crippen molar-refractivity contribution in [2.75, 3.05) is 13.2 Å². The maximum absolute atomic E-state index is 13.3. The molecule has 4 heteroatoms. The number of aliphatic hydroxyl groups is 1. The number of hydrogen-bond acceptors (Lipinski definition) is 2. The molecule has 1 aromatic carbocycles. The van der Waals surface area contributed by atoms with Gasteiger partial charge in [0.15, 0.2) is 11.6 Å². The maximum atomic E-state index is 13.3. The van der Waals surface area contributed by atoms with Crippen molar-refractivity contribution >= 4 is 0 Å². The molecule has 0 radical (unpaired) electrons. The lowest BCUT2D eigenvalue weighted by atomic mass is 9.93. The molecule has 1 aliphatic heterocycles. The zero-order valence-electron chi connectivity index (χ0n) is 7.46. The Labute approximate surface area is 80.1 Å². The Hall–Kier alpha value is -1.00. The van der Waals surface area contributed by atoms with Gasteiger partial charge in [-0.3, -0.25) is 0 Å². The van der Waals surface area contributed by atoms with Crippen molar-refractivity contribution in [1.82, 2.24) is 0 Å². The molecule has 0 spiro atoms. The summed E-state index contributed by atoms with van der Waals surface area (Å²) in [5, 5.41) is 9.94. The van der Waals surface area contributed by atoms with Crippen LogP contribution in [0.3, 0.4) is 0 Å². The van der Waals surface area contributed by atoms with E-state index in [1.807, 2.05) is 0 Å². The van der Waals surface area contributed by atoms with Gasteiger partial charge in [0.2, 0.25) is 0 Å². The number of ether oxygens (including phenoxy) is 1. The van der Waals surface area contributed by atoms with E-state index in [1.54, 1.807) is 0 Å². The zero-order valence-corrected chi connectivity index (χ0v) is 7.46. The molecule has 0 bridgehead atoms. The van der Waals surface area contributed by atoms with E-state index in [-0.39, 0.29) is 12.2 Å². The van der Waals surface area contributed by atoms with Crippen LogP contribution in [0.1, 0.15) is 12.0 Å². The molecule has 2 rings (SSSR count). The molecule has 0 saturated carbocycles. The average molecular weight is 200 g/mol. The van der Waals surface area contributed by atoms with Gasteiger partial charge in [0, 0.05) is 18.6 Å². The van der Waals surface area contributed by atoms with E-state index in [0.29, 0.717) is 13.0 Å². The second-order valence-electron chi connectivity index (χ2n) is 3.44. The fourth-order valence-corrected chi connectivity index (χ4v) is 1.63. The van der Waals surface area contributed by atoms with E-state index in [2.05, 4.69) is 0 Å². The van der Waals surface area contributed by atoms with Crippen molar-refractivity contribution in [3.8, 4) is 0 Å². The Morgan fingerprint density at radius 3 is 2.79 bits per heavy atom. The molecule has 1 aromatic rings. The number of benzene rings is 1. The van der Waals surface area contributed by atoms with Crippen LogP contribution in [-0.2, 0) is 10.3 Å². The Bertz CT molecular complexity index is 346. The van der Waals surface area contributed by atoms with Crippen molar-refractivity contribution in [3.05, 3.63) is 35.4 Å². The minimum atomic E-state index is -1.37. The quantitative estimate of drug-likeness (QED) is 0.745. The second kappa shape index (κ2) is 3.29. The van der Waals surface area contributed by atoms with Gasteiger partial charge < -0.3 is 9.84 Å². The fourth-order valence-electron chi connectivity index (χ4n) is 1.63. The van der Waals surface area contributed by atoms with Crippen LogP contribution in [0.25, 0.3) is 0 Å². The predicted molar refractivity (Wildman–Crippen MR) is 45.7 cm³/mol. The average Bonchev–Trinajstić information content (AvgIpc) is 2.58. The highest BCUT2D eigenvalue weighted by atomic mass is 19.2. The number of hydrogen-bond donors (Lipinski definition) is 1. The molecule has 0 aromatic heterocycles. The van der Waals surface area contributed by atoms with Crippen molar-refractivity contribution in [2.45, 2.75) is 12.0 Å². The smallest absolute Gasteiger partial charge is 0.164 e. The maximum Gasteiger partial charge on any atom is 0.164 e. The summed E-state index contributed by atoms with van der Waals surface area (Å²) >= 11 is 0. The van der Waals surface area contributed by atoms with Gasteiger partial charge in [-0.1, -0.05) is 12.1 Å². The SMILES string of the molecule is OC1(c2cccc(F)c2F)CCOC1. The number of halogens is 2. The van der Waals surface area contributed by atoms with E-state index in [1.165, 1.54) is 12.1 Å². The Morgan fingerprint density at radius 2 is 2.14 bits per heavy atom. The van der Waals surface area contributed by atoms with Crippen LogP contribution in [0.2, 0.25) is 0 Å². The monoisotopic (exact) mass is 200 g/mol. The summed E-state index contributed by atoms with van der Waals surface area (Å²) in [6, 6.07) is 3.79. The molecule has 0 aliphatic carbocycles. The first-order valence-electron chi connectivity index (χ1n) is 4.38. The lowest BCUT2D eigenvalue weighted by Gasteiger charge is -2.21. The Balaban J connectivity index is 2.45. The summed E-state index contributed by atoms with van der Waals surface area (Å²) in [6.45, 7) is 0.389. The molecule has 1 unspecified atom stereocenters. The summed E-state index contributed by atoms with van der Waals surface area (Å²) in [4.78, 5) is 0. The molecule has 0 amide bonds. The van der Waals surface area contributed by atoms with Crippen LogP contribution in [0.5, 0.6) is 0 Å². The molecule has 2 nitrogen and oxygen atoms in total. The summed E-state index contributed by atoms with van der Waals surface area (Å²) < 4.78 is 31.2. The van der Waals surface area contributed by atoms with E-state index in [9.17, 15) is 13.9 Å². The first-order chi connectivity index (χ1) is 6.63. The van der Waals surface area contributed by atoms with Crippen molar-refractivity contribution in [1.29, 1.82) is 0 Å². The second-order valence-corrected chi connectivity index (χ2v) is 3.44. The molecule has 1 heterocycles. The first-order valence-corrected chi connectivity index (χ1v) is 4.38. The molecular formula is C10H10F2O2. The van der Waals surface area contributed by atoms with Crippen LogP contribution in [-0.4, -0.2) is 18.3 Å². The standard InChI is InChI=1S/C10H10F2O2/c11-8-3-1-2-7(9(8)12)10(13)4-5-14-6-10/h1-3,13H,4-6H2. The van der Waals surface area contributed by atoms with Gasteiger partial charge in [-0.05, 0) is 6.07 Å². The van der Waals surface area contributed by atoms with Gasteiger partial charge in [-0.15, -0.1) is 0 Å². The summed E-state index contributed by atoms with van der Waals surface area (Å²) in [7, 11) is 0. The van der Waals surface area contributed by atoms with Crippen molar-refractivity contribution in [3.63, 3.8) is 0 Å². The van der Waals surface area contributed by atoms with E-state index < -0.39 is 17.2 Å². The molecule has 1 N–H and O–H groups in total. The predicted octanol–water partition coefficient (Wildman–Crippen LogP) is 1.57. The highest BCUT2D eigenvalue weighted by Crippen LogP contribution is 2.32. The third-order valence-corrected chi connectivity index (χ3v) is 2.45. The van der Waals surface area contributed by atoms with Gasteiger partial charge in [-0.25, -0.2) is 8.78 Å². The minimum Gasteiger partial charge on any atom is -0.383 e. The minimum absolute atomic E-state index is 0.0185. The molecule has 1 saturated heterocycles. The third kappa shape index (κ3) is 1.40.